The maximum atomic E-state index is 11.2. The van der Waals surface area contributed by atoms with E-state index in [0.29, 0.717) is 25.0 Å². The molecular weight excluding hydrogens is 210 g/mol. The van der Waals surface area contributed by atoms with Crippen molar-refractivity contribution < 1.29 is 14.1 Å². The minimum Gasteiger partial charge on any atom is -0.460 e. The van der Waals surface area contributed by atoms with E-state index in [1.165, 1.54) is 0 Å². The highest BCUT2D eigenvalue weighted by molar-refractivity contribution is 5.84. The Balaban J connectivity index is 2.42. The lowest BCUT2D eigenvalue weighted by Gasteiger charge is -2.04. The average molecular weight is 227 g/mol. The minimum absolute atomic E-state index is 0.0126. The molecule has 6 heteroatoms. The van der Waals surface area contributed by atoms with Crippen LogP contribution in [0, 0.1) is 0 Å². The number of carbonyl (C=O) groups is 1. The van der Waals surface area contributed by atoms with Gasteiger partial charge in [-0.25, -0.2) is 4.79 Å². The number of hydrogen-bond donors (Lipinski definition) is 1. The Morgan fingerprint density at radius 2 is 2.31 bits per heavy atom. The van der Waals surface area contributed by atoms with Gasteiger partial charge in [0.1, 0.15) is 0 Å². The first-order chi connectivity index (χ1) is 7.63. The van der Waals surface area contributed by atoms with Crippen molar-refractivity contribution in [3.63, 3.8) is 0 Å². The molecule has 0 fully saturated rings. The van der Waals surface area contributed by atoms with Crippen LogP contribution in [0.25, 0.3) is 0 Å². The lowest BCUT2D eigenvalue weighted by Crippen LogP contribution is -2.25. The summed E-state index contributed by atoms with van der Waals surface area (Å²) in [5.41, 5.74) is 0. The summed E-state index contributed by atoms with van der Waals surface area (Å²) in [7, 11) is 0. The lowest BCUT2D eigenvalue weighted by molar-refractivity contribution is 0.0508. The van der Waals surface area contributed by atoms with E-state index in [0.717, 1.165) is 6.54 Å². The smallest absolute Gasteiger partial charge is 0.379 e. The van der Waals surface area contributed by atoms with Gasteiger partial charge in [-0.3, -0.25) is 0 Å². The molecule has 0 aliphatic carbocycles. The molecule has 1 N–H and O–H groups in total. The van der Waals surface area contributed by atoms with Gasteiger partial charge in [-0.2, -0.15) is 4.98 Å². The van der Waals surface area contributed by atoms with Crippen LogP contribution < -0.4 is 5.32 Å². The van der Waals surface area contributed by atoms with E-state index in [2.05, 4.69) is 29.3 Å². The van der Waals surface area contributed by atoms with Gasteiger partial charge in [0.25, 0.3) is 5.82 Å². The number of nitrogens with one attached hydrogen (secondary N) is 1. The predicted molar refractivity (Wildman–Crippen MR) is 57.1 cm³/mol. The van der Waals surface area contributed by atoms with Crippen LogP contribution in [-0.2, 0) is 11.2 Å². The summed E-state index contributed by atoms with van der Waals surface area (Å²) in [6.45, 7) is 6.88. The Hall–Kier alpha value is -1.43. The highest BCUT2D eigenvalue weighted by Crippen LogP contribution is 2.00. The average Bonchev–Trinajstić information content (AvgIpc) is 2.66. The Morgan fingerprint density at radius 1 is 1.56 bits per heavy atom. The zero-order valence-corrected chi connectivity index (χ0v) is 9.82. The van der Waals surface area contributed by atoms with Crippen molar-refractivity contribution in [2.45, 2.75) is 33.2 Å². The highest BCUT2D eigenvalue weighted by atomic mass is 16.5. The number of ether oxygens (including phenoxy) is 1. The van der Waals surface area contributed by atoms with Crippen LogP contribution in [0.4, 0.5) is 0 Å². The Morgan fingerprint density at radius 3 is 2.94 bits per heavy atom. The van der Waals surface area contributed by atoms with Crippen molar-refractivity contribution in [2.75, 3.05) is 13.2 Å². The normalized spacial score (nSPS) is 10.8. The molecule has 0 aliphatic heterocycles. The van der Waals surface area contributed by atoms with Crippen LogP contribution >= 0.6 is 0 Å². The monoisotopic (exact) mass is 227 g/mol. The minimum atomic E-state index is -0.547. The van der Waals surface area contributed by atoms with E-state index in [1.807, 2.05) is 0 Å². The Labute approximate surface area is 94.4 Å². The van der Waals surface area contributed by atoms with E-state index in [-0.39, 0.29) is 5.82 Å². The molecule has 0 saturated heterocycles. The van der Waals surface area contributed by atoms with Gasteiger partial charge in [0, 0.05) is 19.0 Å². The summed E-state index contributed by atoms with van der Waals surface area (Å²) in [6, 6.07) is 0.410. The Bertz CT molecular complexity index is 336. The van der Waals surface area contributed by atoms with Crippen molar-refractivity contribution in [3.8, 4) is 0 Å². The molecule has 1 rings (SSSR count). The van der Waals surface area contributed by atoms with Crippen LogP contribution in [0.15, 0.2) is 4.52 Å². The quantitative estimate of drug-likeness (QED) is 0.724. The first-order valence-electron chi connectivity index (χ1n) is 5.36. The van der Waals surface area contributed by atoms with Gasteiger partial charge in [0.2, 0.25) is 5.89 Å². The van der Waals surface area contributed by atoms with E-state index >= 15 is 0 Å². The van der Waals surface area contributed by atoms with E-state index in [9.17, 15) is 4.79 Å². The fraction of sp³-hybridized carbons (Fsp3) is 0.700. The maximum Gasteiger partial charge on any atom is 0.379 e. The van der Waals surface area contributed by atoms with Crippen molar-refractivity contribution in [1.82, 2.24) is 15.5 Å². The molecule has 0 unspecified atom stereocenters. The number of nitrogens with zero attached hydrogens (tertiary/aromatic N) is 2. The molecule has 1 aromatic heterocycles. The highest BCUT2D eigenvalue weighted by Gasteiger charge is 2.15. The van der Waals surface area contributed by atoms with Crippen molar-refractivity contribution >= 4 is 5.97 Å². The molecule has 0 bridgehead atoms. The van der Waals surface area contributed by atoms with Crippen LogP contribution in [0.3, 0.4) is 0 Å². The molecule has 0 saturated carbocycles. The van der Waals surface area contributed by atoms with E-state index < -0.39 is 5.97 Å². The van der Waals surface area contributed by atoms with Gasteiger partial charge in [0.05, 0.1) is 6.61 Å². The molecule has 6 nitrogen and oxygen atoms in total. The van der Waals surface area contributed by atoms with Crippen LogP contribution in [-0.4, -0.2) is 35.3 Å². The molecule has 16 heavy (non-hydrogen) atoms. The SMILES string of the molecule is CCOC(=O)c1noc(CCNC(C)C)n1. The number of carbonyl (C=O) groups excluding carboxylic acids is 1. The second-order valence-electron chi connectivity index (χ2n) is 3.59. The standard InChI is InChI=1S/C10H17N3O3/c1-4-15-10(14)9-12-8(16-13-9)5-6-11-7(2)3/h7,11H,4-6H2,1-3H3. The Kier molecular flexibility index (Phi) is 4.91. The van der Waals surface area contributed by atoms with Crippen LogP contribution in [0.2, 0.25) is 0 Å². The summed E-state index contributed by atoms with van der Waals surface area (Å²) >= 11 is 0. The van der Waals surface area contributed by atoms with Gasteiger partial charge < -0.3 is 14.6 Å². The number of aromatic nitrogens is 2. The first-order valence-corrected chi connectivity index (χ1v) is 5.36. The van der Waals surface area contributed by atoms with Crippen LogP contribution in [0.1, 0.15) is 37.3 Å². The molecule has 0 spiro atoms. The van der Waals surface area contributed by atoms with Gasteiger partial charge in [-0.15, -0.1) is 0 Å². The van der Waals surface area contributed by atoms with Gasteiger partial charge in [-0.1, -0.05) is 13.8 Å². The predicted octanol–water partition coefficient (Wildman–Crippen LogP) is 0.787. The summed E-state index contributed by atoms with van der Waals surface area (Å²) < 4.78 is 9.66. The molecule has 90 valence electrons. The van der Waals surface area contributed by atoms with E-state index in [4.69, 9.17) is 9.26 Å². The summed E-state index contributed by atoms with van der Waals surface area (Å²) in [6.07, 6.45) is 0.602. The molecule has 0 atom stereocenters. The lowest BCUT2D eigenvalue weighted by atomic mass is 10.3. The molecule has 0 radical (unpaired) electrons. The van der Waals surface area contributed by atoms with E-state index in [1.54, 1.807) is 6.92 Å². The summed E-state index contributed by atoms with van der Waals surface area (Å²) in [5, 5.41) is 6.76. The maximum absolute atomic E-state index is 11.2. The third kappa shape index (κ3) is 3.98. The molecule has 0 aliphatic rings. The first kappa shape index (κ1) is 12.6. The molecule has 1 aromatic rings. The number of esters is 1. The second-order valence-corrected chi connectivity index (χ2v) is 3.59. The fourth-order valence-electron chi connectivity index (χ4n) is 1.10. The fourth-order valence-corrected chi connectivity index (χ4v) is 1.10. The molecule has 1 heterocycles. The van der Waals surface area contributed by atoms with Crippen molar-refractivity contribution in [3.05, 3.63) is 11.7 Å². The third-order valence-electron chi connectivity index (χ3n) is 1.82. The topological polar surface area (TPSA) is 77.2 Å². The second kappa shape index (κ2) is 6.22. The molecule has 0 aromatic carbocycles. The summed E-state index contributed by atoms with van der Waals surface area (Å²) in [4.78, 5) is 15.2. The van der Waals surface area contributed by atoms with Gasteiger partial charge >= 0.3 is 5.97 Å². The summed E-state index contributed by atoms with van der Waals surface area (Å²) in [5.74, 6) is -0.119. The molecule has 0 amide bonds. The molecular formula is C10H17N3O3. The van der Waals surface area contributed by atoms with Crippen LogP contribution in [0.5, 0.6) is 0 Å². The van der Waals surface area contributed by atoms with Crippen molar-refractivity contribution in [2.24, 2.45) is 0 Å². The largest absolute Gasteiger partial charge is 0.460 e. The number of rotatable bonds is 6. The zero-order chi connectivity index (χ0) is 12.0. The number of hydrogen-bond acceptors (Lipinski definition) is 6. The van der Waals surface area contributed by atoms with Crippen molar-refractivity contribution in [1.29, 1.82) is 0 Å². The third-order valence-corrected chi connectivity index (χ3v) is 1.82. The van der Waals surface area contributed by atoms with Gasteiger partial charge in [0.15, 0.2) is 0 Å². The van der Waals surface area contributed by atoms with Gasteiger partial charge in [-0.05, 0) is 12.1 Å². The zero-order valence-electron chi connectivity index (χ0n) is 9.82.